The molecule has 0 saturated carbocycles. The molecule has 75 valence electrons. The van der Waals surface area contributed by atoms with Gasteiger partial charge < -0.3 is 4.74 Å². The minimum atomic E-state index is -0.344. The Morgan fingerprint density at radius 3 is 2.43 bits per heavy atom. The number of hydrogen-bond donors (Lipinski definition) is 0. The second-order valence-electron chi connectivity index (χ2n) is 2.84. The van der Waals surface area contributed by atoms with Crippen molar-refractivity contribution in [1.82, 2.24) is 0 Å². The molecule has 0 bridgehead atoms. The number of benzene rings is 1. The number of carbonyl (C=O) groups excluding carboxylic acids is 1. The van der Waals surface area contributed by atoms with Gasteiger partial charge in [-0.2, -0.15) is 0 Å². The van der Waals surface area contributed by atoms with Gasteiger partial charge in [0.25, 0.3) is 0 Å². The van der Waals surface area contributed by atoms with Gasteiger partial charge in [-0.25, -0.2) is 4.79 Å². The fourth-order valence-corrected chi connectivity index (χ4v) is 0.846. The summed E-state index contributed by atoms with van der Waals surface area (Å²) in [6.07, 6.45) is 0. The van der Waals surface area contributed by atoms with E-state index in [1.54, 1.807) is 6.92 Å². The molecule has 0 aliphatic carbocycles. The lowest BCUT2D eigenvalue weighted by Crippen LogP contribution is -2.04. The molecule has 0 saturated heterocycles. The molecular formula is C12H15O2. The zero-order valence-electron chi connectivity index (χ0n) is 8.62. The quantitative estimate of drug-likeness (QED) is 0.542. The number of hydrogen-bond acceptors (Lipinski definition) is 2. The van der Waals surface area contributed by atoms with E-state index in [2.05, 4.69) is 6.58 Å². The molecule has 0 N–H and O–H groups in total. The summed E-state index contributed by atoms with van der Waals surface area (Å²) < 4.78 is 4.95. The van der Waals surface area contributed by atoms with Crippen molar-refractivity contribution in [3.05, 3.63) is 55.5 Å². The van der Waals surface area contributed by atoms with Crippen LogP contribution in [0.2, 0.25) is 0 Å². The third kappa shape index (κ3) is 3.90. The predicted octanol–water partition coefficient (Wildman–Crippen LogP) is 2.76. The van der Waals surface area contributed by atoms with Crippen LogP contribution < -0.4 is 0 Å². The number of rotatable bonds is 3. The Balaban J connectivity index is 0.00000169. The molecule has 0 atom stereocenters. The SMILES string of the molecule is C=C(C)C(=O)OCc1ccccc1.[CH3]. The van der Waals surface area contributed by atoms with Gasteiger partial charge in [-0.1, -0.05) is 44.3 Å². The van der Waals surface area contributed by atoms with Gasteiger partial charge in [0.2, 0.25) is 0 Å². The lowest BCUT2D eigenvalue weighted by Gasteiger charge is -2.03. The highest BCUT2D eigenvalue weighted by molar-refractivity contribution is 5.86. The summed E-state index contributed by atoms with van der Waals surface area (Å²) in [5.74, 6) is -0.344. The molecule has 0 spiro atoms. The fraction of sp³-hybridized carbons (Fsp3) is 0.167. The largest absolute Gasteiger partial charge is 0.457 e. The maximum Gasteiger partial charge on any atom is 0.333 e. The molecule has 1 aromatic rings. The van der Waals surface area contributed by atoms with Crippen LogP contribution in [-0.2, 0) is 16.1 Å². The van der Waals surface area contributed by atoms with Crippen LogP contribution in [0.15, 0.2) is 42.5 Å². The van der Waals surface area contributed by atoms with Crippen molar-refractivity contribution in [2.45, 2.75) is 13.5 Å². The van der Waals surface area contributed by atoms with E-state index in [-0.39, 0.29) is 13.4 Å². The van der Waals surface area contributed by atoms with Crippen LogP contribution in [0.3, 0.4) is 0 Å². The van der Waals surface area contributed by atoms with Crippen molar-refractivity contribution >= 4 is 5.97 Å². The topological polar surface area (TPSA) is 26.3 Å². The summed E-state index contributed by atoms with van der Waals surface area (Å²) in [6.45, 7) is 5.44. The summed E-state index contributed by atoms with van der Waals surface area (Å²) in [6, 6.07) is 9.55. The Kier molecular flexibility index (Phi) is 5.30. The van der Waals surface area contributed by atoms with Crippen molar-refractivity contribution in [3.63, 3.8) is 0 Å². The van der Waals surface area contributed by atoms with Crippen molar-refractivity contribution in [2.75, 3.05) is 0 Å². The van der Waals surface area contributed by atoms with E-state index in [9.17, 15) is 4.79 Å². The van der Waals surface area contributed by atoms with E-state index in [0.717, 1.165) is 5.56 Å². The van der Waals surface area contributed by atoms with E-state index in [4.69, 9.17) is 4.74 Å². The summed E-state index contributed by atoms with van der Waals surface area (Å²) in [4.78, 5) is 11.0. The van der Waals surface area contributed by atoms with Gasteiger partial charge in [0.15, 0.2) is 0 Å². The summed E-state index contributed by atoms with van der Waals surface area (Å²) in [7, 11) is 0. The van der Waals surface area contributed by atoms with Gasteiger partial charge in [0.1, 0.15) is 6.61 Å². The van der Waals surface area contributed by atoms with Crippen LogP contribution in [-0.4, -0.2) is 5.97 Å². The van der Waals surface area contributed by atoms with Crippen molar-refractivity contribution in [3.8, 4) is 0 Å². The van der Waals surface area contributed by atoms with Crippen LogP contribution in [0.5, 0.6) is 0 Å². The van der Waals surface area contributed by atoms with Crippen LogP contribution in [0.4, 0.5) is 0 Å². The van der Waals surface area contributed by atoms with Gasteiger partial charge >= 0.3 is 5.97 Å². The first kappa shape index (κ1) is 12.4. The van der Waals surface area contributed by atoms with E-state index < -0.39 is 0 Å². The van der Waals surface area contributed by atoms with Gasteiger partial charge in [-0.3, -0.25) is 0 Å². The van der Waals surface area contributed by atoms with Crippen molar-refractivity contribution in [1.29, 1.82) is 0 Å². The van der Waals surface area contributed by atoms with Crippen LogP contribution in [0, 0.1) is 7.43 Å². The Labute approximate surface area is 85.2 Å². The average Bonchev–Trinajstić information content (AvgIpc) is 2.15. The smallest absolute Gasteiger partial charge is 0.333 e. The Bertz CT molecular complexity index is 301. The average molecular weight is 191 g/mol. The second-order valence-corrected chi connectivity index (χ2v) is 2.84. The van der Waals surface area contributed by atoms with Gasteiger partial charge in [0, 0.05) is 5.57 Å². The molecule has 2 heteroatoms. The monoisotopic (exact) mass is 191 g/mol. The van der Waals surface area contributed by atoms with Crippen LogP contribution in [0.1, 0.15) is 12.5 Å². The number of carbonyl (C=O) groups is 1. The van der Waals surface area contributed by atoms with Gasteiger partial charge in [0.05, 0.1) is 0 Å². The molecule has 0 aliphatic rings. The molecule has 1 rings (SSSR count). The molecule has 0 unspecified atom stereocenters. The molecule has 1 radical (unpaired) electrons. The minimum Gasteiger partial charge on any atom is -0.457 e. The molecule has 2 nitrogen and oxygen atoms in total. The molecule has 0 amide bonds. The molecule has 14 heavy (non-hydrogen) atoms. The van der Waals surface area contributed by atoms with Gasteiger partial charge in [-0.05, 0) is 12.5 Å². The third-order valence-electron chi connectivity index (χ3n) is 1.56. The normalized spacial score (nSPS) is 8.64. The molecule has 0 aliphatic heterocycles. The first-order valence-electron chi connectivity index (χ1n) is 4.06. The fourth-order valence-electron chi connectivity index (χ4n) is 0.846. The lowest BCUT2D eigenvalue weighted by molar-refractivity contribution is -0.140. The third-order valence-corrected chi connectivity index (χ3v) is 1.56. The highest BCUT2D eigenvalue weighted by atomic mass is 16.5. The summed E-state index contributed by atoms with van der Waals surface area (Å²) in [5.41, 5.74) is 1.41. The van der Waals surface area contributed by atoms with Gasteiger partial charge in [-0.15, -0.1) is 0 Å². The predicted molar refractivity (Wildman–Crippen MR) is 57.5 cm³/mol. The maximum absolute atomic E-state index is 11.0. The number of esters is 1. The second kappa shape index (κ2) is 5.97. The highest BCUT2D eigenvalue weighted by Crippen LogP contribution is 2.02. The first-order chi connectivity index (χ1) is 6.20. The zero-order valence-corrected chi connectivity index (χ0v) is 8.62. The van der Waals surface area contributed by atoms with E-state index in [1.807, 2.05) is 30.3 Å². The molecule has 0 aromatic heterocycles. The Hall–Kier alpha value is -1.57. The molecule has 0 fully saturated rings. The van der Waals surface area contributed by atoms with E-state index in [0.29, 0.717) is 12.2 Å². The lowest BCUT2D eigenvalue weighted by atomic mass is 10.2. The van der Waals surface area contributed by atoms with E-state index >= 15 is 0 Å². The Morgan fingerprint density at radius 1 is 1.36 bits per heavy atom. The van der Waals surface area contributed by atoms with Crippen molar-refractivity contribution < 1.29 is 9.53 Å². The molecular weight excluding hydrogens is 176 g/mol. The molecule has 1 aromatic carbocycles. The minimum absolute atomic E-state index is 0. The number of ether oxygens (including phenoxy) is 1. The van der Waals surface area contributed by atoms with Crippen LogP contribution >= 0.6 is 0 Å². The highest BCUT2D eigenvalue weighted by Gasteiger charge is 2.02. The Morgan fingerprint density at radius 2 is 1.93 bits per heavy atom. The molecule has 0 heterocycles. The zero-order chi connectivity index (χ0) is 9.68. The standard InChI is InChI=1S/C11H12O2.CH3/c1-9(2)11(12)13-8-10-6-4-3-5-7-10;/h3-7H,1,8H2,2H3;1H3. The summed E-state index contributed by atoms with van der Waals surface area (Å²) >= 11 is 0. The first-order valence-corrected chi connectivity index (χ1v) is 4.06. The van der Waals surface area contributed by atoms with Crippen LogP contribution in [0.25, 0.3) is 0 Å². The maximum atomic E-state index is 11.0. The summed E-state index contributed by atoms with van der Waals surface area (Å²) in [5, 5.41) is 0. The van der Waals surface area contributed by atoms with E-state index in [1.165, 1.54) is 0 Å². The van der Waals surface area contributed by atoms with Crippen molar-refractivity contribution in [2.24, 2.45) is 0 Å².